The quantitative estimate of drug-likeness (QED) is 0.649. The van der Waals surface area contributed by atoms with Crippen LogP contribution in [0.25, 0.3) is 0 Å². The van der Waals surface area contributed by atoms with E-state index >= 15 is 0 Å². The lowest BCUT2D eigenvalue weighted by atomic mass is 10.1. The van der Waals surface area contributed by atoms with Gasteiger partial charge in [0.1, 0.15) is 13.2 Å². The molecule has 1 N–H and O–H groups in total. The largest absolute Gasteiger partial charge is 0.486 e. The zero-order valence-corrected chi connectivity index (χ0v) is 18.5. The molecule has 2 aromatic carbocycles. The number of ether oxygens (including phenoxy) is 2. The molecular formula is C23H28N2O4S. The number of amides is 2. The van der Waals surface area contributed by atoms with Gasteiger partial charge >= 0.3 is 0 Å². The molecule has 1 aliphatic rings. The maximum absolute atomic E-state index is 13.3. The Morgan fingerprint density at radius 1 is 1.10 bits per heavy atom. The number of hydrogen-bond acceptors (Lipinski definition) is 5. The number of thioether (sulfide) groups is 1. The molecule has 0 bridgehead atoms. The van der Waals surface area contributed by atoms with Gasteiger partial charge in [-0.1, -0.05) is 24.3 Å². The minimum atomic E-state index is -0.0702. The number of hydrogen-bond donors (Lipinski definition) is 1. The van der Waals surface area contributed by atoms with Crippen LogP contribution in [0.5, 0.6) is 11.5 Å². The van der Waals surface area contributed by atoms with E-state index in [1.54, 1.807) is 4.90 Å². The molecule has 0 saturated heterocycles. The zero-order valence-electron chi connectivity index (χ0n) is 17.6. The number of nitrogens with zero attached hydrogens (tertiary/aromatic N) is 1. The summed E-state index contributed by atoms with van der Waals surface area (Å²) >= 11 is 1.38. The van der Waals surface area contributed by atoms with Crippen molar-refractivity contribution in [3.8, 4) is 11.5 Å². The number of fused-ring (bicyclic) bond motifs is 1. The molecule has 0 aromatic heterocycles. The fourth-order valence-electron chi connectivity index (χ4n) is 3.24. The van der Waals surface area contributed by atoms with Crippen LogP contribution in [0.4, 0.5) is 0 Å². The van der Waals surface area contributed by atoms with Crippen molar-refractivity contribution in [3.05, 3.63) is 53.6 Å². The van der Waals surface area contributed by atoms with Crippen molar-refractivity contribution in [3.63, 3.8) is 0 Å². The summed E-state index contributed by atoms with van der Waals surface area (Å²) < 4.78 is 11.4. The van der Waals surface area contributed by atoms with Crippen molar-refractivity contribution in [2.45, 2.75) is 38.3 Å². The Hall–Kier alpha value is -2.67. The summed E-state index contributed by atoms with van der Waals surface area (Å²) in [5.74, 6) is 1.58. The molecule has 6 nitrogen and oxygen atoms in total. The third-order valence-electron chi connectivity index (χ3n) is 4.60. The number of rotatable bonds is 8. The van der Waals surface area contributed by atoms with Gasteiger partial charge in [-0.25, -0.2) is 0 Å². The van der Waals surface area contributed by atoms with Gasteiger partial charge in [0.25, 0.3) is 5.91 Å². The van der Waals surface area contributed by atoms with Crippen molar-refractivity contribution >= 4 is 23.6 Å². The van der Waals surface area contributed by atoms with Crippen LogP contribution in [0, 0.1) is 0 Å². The maximum atomic E-state index is 13.3. The van der Waals surface area contributed by atoms with Gasteiger partial charge in [0.2, 0.25) is 5.91 Å². The molecule has 7 heteroatoms. The highest BCUT2D eigenvalue weighted by Crippen LogP contribution is 2.34. The lowest BCUT2D eigenvalue weighted by molar-refractivity contribution is -0.119. The average molecular weight is 429 g/mol. The third-order valence-corrected chi connectivity index (χ3v) is 5.68. The Kier molecular flexibility index (Phi) is 7.63. The van der Waals surface area contributed by atoms with Crippen molar-refractivity contribution in [1.29, 1.82) is 0 Å². The molecule has 2 amide bonds. The van der Waals surface area contributed by atoms with Crippen molar-refractivity contribution in [1.82, 2.24) is 10.2 Å². The first-order valence-corrected chi connectivity index (χ1v) is 11.2. The van der Waals surface area contributed by atoms with Gasteiger partial charge in [0.15, 0.2) is 11.5 Å². The molecule has 0 spiro atoms. The summed E-state index contributed by atoms with van der Waals surface area (Å²) in [5, 5.41) is 2.88. The predicted molar refractivity (Wildman–Crippen MR) is 118 cm³/mol. The van der Waals surface area contributed by atoms with E-state index in [2.05, 4.69) is 5.32 Å². The van der Waals surface area contributed by atoms with Crippen LogP contribution in [0.1, 0.15) is 36.7 Å². The Balaban J connectivity index is 1.76. The minimum Gasteiger partial charge on any atom is -0.486 e. The average Bonchev–Trinajstić information content (AvgIpc) is 2.75. The molecule has 0 unspecified atom stereocenters. The van der Waals surface area contributed by atoms with Gasteiger partial charge in [-0.15, -0.1) is 11.8 Å². The Morgan fingerprint density at radius 3 is 2.63 bits per heavy atom. The monoisotopic (exact) mass is 428 g/mol. The SMILES string of the molecule is CCN(Cc1cccc2c1OCCO2)C(=O)c1ccccc1SCC(=O)NC(C)C. The van der Waals surface area contributed by atoms with E-state index in [1.807, 2.05) is 63.2 Å². The fraction of sp³-hybridized carbons (Fsp3) is 0.391. The highest BCUT2D eigenvalue weighted by Gasteiger charge is 2.22. The van der Waals surface area contributed by atoms with Crippen LogP contribution in [-0.2, 0) is 11.3 Å². The van der Waals surface area contributed by atoms with E-state index in [-0.39, 0.29) is 23.6 Å². The molecule has 160 valence electrons. The Labute approximate surface area is 181 Å². The van der Waals surface area contributed by atoms with Crippen LogP contribution in [0.2, 0.25) is 0 Å². The van der Waals surface area contributed by atoms with Gasteiger partial charge in [0, 0.05) is 29.6 Å². The number of carbonyl (C=O) groups excluding carboxylic acids is 2. The van der Waals surface area contributed by atoms with Gasteiger partial charge in [0.05, 0.1) is 11.3 Å². The second-order valence-electron chi connectivity index (χ2n) is 7.27. The zero-order chi connectivity index (χ0) is 21.5. The fourth-order valence-corrected chi connectivity index (χ4v) is 4.09. The molecule has 3 rings (SSSR count). The number of para-hydroxylation sites is 1. The number of carbonyl (C=O) groups is 2. The van der Waals surface area contributed by atoms with Gasteiger partial charge in [-0.3, -0.25) is 9.59 Å². The second-order valence-corrected chi connectivity index (χ2v) is 8.28. The summed E-state index contributed by atoms with van der Waals surface area (Å²) in [6, 6.07) is 13.3. The molecule has 0 atom stereocenters. The maximum Gasteiger partial charge on any atom is 0.255 e. The van der Waals surface area contributed by atoms with Crippen LogP contribution in [0.15, 0.2) is 47.4 Å². The van der Waals surface area contributed by atoms with E-state index in [1.165, 1.54) is 11.8 Å². The van der Waals surface area contributed by atoms with E-state index in [9.17, 15) is 9.59 Å². The first-order valence-electron chi connectivity index (χ1n) is 10.2. The molecule has 0 fully saturated rings. The standard InChI is InChI=1S/C23H28N2O4S/c1-4-25(14-17-8-7-10-19-22(17)29-13-12-28-19)23(27)18-9-5-6-11-20(18)30-15-21(26)24-16(2)3/h5-11,16H,4,12-15H2,1-3H3,(H,24,26). The van der Waals surface area contributed by atoms with E-state index in [0.29, 0.717) is 37.6 Å². The summed E-state index contributed by atoms with van der Waals surface area (Å²) in [5.41, 5.74) is 1.52. The minimum absolute atomic E-state index is 0.0438. The number of benzene rings is 2. The van der Waals surface area contributed by atoms with Gasteiger partial charge in [-0.2, -0.15) is 0 Å². The lowest BCUT2D eigenvalue weighted by Gasteiger charge is -2.26. The molecule has 1 heterocycles. The highest BCUT2D eigenvalue weighted by atomic mass is 32.2. The van der Waals surface area contributed by atoms with E-state index in [4.69, 9.17) is 9.47 Å². The van der Waals surface area contributed by atoms with E-state index < -0.39 is 0 Å². The lowest BCUT2D eigenvalue weighted by Crippen LogP contribution is -2.32. The number of nitrogens with one attached hydrogen (secondary N) is 1. The molecule has 30 heavy (non-hydrogen) atoms. The summed E-state index contributed by atoms with van der Waals surface area (Å²) in [7, 11) is 0. The van der Waals surface area contributed by atoms with Crippen molar-refractivity contribution in [2.24, 2.45) is 0 Å². The molecule has 2 aromatic rings. The molecule has 1 aliphatic heterocycles. The molecule has 0 radical (unpaired) electrons. The Morgan fingerprint density at radius 2 is 1.87 bits per heavy atom. The highest BCUT2D eigenvalue weighted by molar-refractivity contribution is 8.00. The van der Waals surface area contributed by atoms with Gasteiger partial charge < -0.3 is 19.7 Å². The van der Waals surface area contributed by atoms with Crippen molar-refractivity contribution < 1.29 is 19.1 Å². The van der Waals surface area contributed by atoms with Crippen molar-refractivity contribution in [2.75, 3.05) is 25.5 Å². The third kappa shape index (κ3) is 5.48. The molecular weight excluding hydrogens is 400 g/mol. The Bertz CT molecular complexity index is 901. The first-order chi connectivity index (χ1) is 14.5. The van der Waals surface area contributed by atoms with E-state index in [0.717, 1.165) is 16.2 Å². The topological polar surface area (TPSA) is 67.9 Å². The molecule has 0 aliphatic carbocycles. The molecule has 0 saturated carbocycles. The summed E-state index contributed by atoms with van der Waals surface area (Å²) in [6.45, 7) is 7.82. The predicted octanol–water partition coefficient (Wildman–Crippen LogP) is 3.74. The summed E-state index contributed by atoms with van der Waals surface area (Å²) in [4.78, 5) is 27.9. The van der Waals surface area contributed by atoms with Gasteiger partial charge in [-0.05, 0) is 39.0 Å². The van der Waals surface area contributed by atoms with Crippen LogP contribution in [0.3, 0.4) is 0 Å². The van der Waals surface area contributed by atoms with Crippen LogP contribution >= 0.6 is 11.8 Å². The normalized spacial score (nSPS) is 12.5. The first kappa shape index (κ1) is 22.0. The van der Waals surface area contributed by atoms with Crippen LogP contribution < -0.4 is 14.8 Å². The smallest absolute Gasteiger partial charge is 0.255 e. The van der Waals surface area contributed by atoms with Crippen LogP contribution in [-0.4, -0.2) is 48.3 Å². The second kappa shape index (κ2) is 10.4. The summed E-state index contributed by atoms with van der Waals surface area (Å²) in [6.07, 6.45) is 0.